The van der Waals surface area contributed by atoms with E-state index in [1.165, 1.54) is 11.1 Å². The van der Waals surface area contributed by atoms with Crippen molar-refractivity contribution in [2.24, 2.45) is 0 Å². The van der Waals surface area contributed by atoms with Crippen LogP contribution in [0.1, 0.15) is 22.4 Å². The third-order valence-electron chi connectivity index (χ3n) is 2.71. The number of nitrogens with zero attached hydrogens (tertiary/aromatic N) is 2. The van der Waals surface area contributed by atoms with Gasteiger partial charge in [-0.1, -0.05) is 18.2 Å². The third kappa shape index (κ3) is 3.41. The Labute approximate surface area is 107 Å². The number of pyridine rings is 1. The molecule has 1 heterocycles. The van der Waals surface area contributed by atoms with Gasteiger partial charge in [-0.3, -0.25) is 4.98 Å². The maximum atomic E-state index is 8.70. The summed E-state index contributed by atoms with van der Waals surface area (Å²) >= 11 is 0. The molecule has 2 aromatic rings. The lowest BCUT2D eigenvalue weighted by Gasteiger charge is -2.05. The summed E-state index contributed by atoms with van der Waals surface area (Å²) in [6, 6.07) is 13.8. The van der Waals surface area contributed by atoms with Crippen LogP contribution in [0.25, 0.3) is 0 Å². The fourth-order valence-corrected chi connectivity index (χ4v) is 1.65. The predicted molar refractivity (Wildman–Crippen MR) is 70.7 cm³/mol. The maximum Gasteiger partial charge on any atom is 0.0991 e. The molecule has 0 saturated carbocycles. The molecule has 0 unspecified atom stereocenters. The molecule has 1 aromatic carbocycles. The molecule has 0 fully saturated rings. The van der Waals surface area contributed by atoms with Crippen molar-refractivity contribution in [3.05, 3.63) is 65.0 Å². The van der Waals surface area contributed by atoms with Gasteiger partial charge in [0.05, 0.1) is 11.6 Å². The lowest BCUT2D eigenvalue weighted by Crippen LogP contribution is -2.12. The number of nitrogens with one attached hydrogen (secondary N) is 1. The number of nitriles is 1. The molecule has 18 heavy (non-hydrogen) atoms. The van der Waals surface area contributed by atoms with E-state index in [0.29, 0.717) is 5.56 Å². The molecule has 0 aliphatic carbocycles. The summed E-state index contributed by atoms with van der Waals surface area (Å²) in [5.74, 6) is 0. The molecule has 0 spiro atoms. The number of hydrogen-bond acceptors (Lipinski definition) is 3. The molecule has 1 aromatic heterocycles. The molecule has 0 radical (unpaired) electrons. The van der Waals surface area contributed by atoms with Gasteiger partial charge in [0, 0.05) is 25.0 Å². The van der Waals surface area contributed by atoms with Crippen LogP contribution in [-0.2, 0) is 13.1 Å². The first-order valence-electron chi connectivity index (χ1n) is 5.89. The summed E-state index contributed by atoms with van der Waals surface area (Å²) in [5.41, 5.74) is 4.08. The van der Waals surface area contributed by atoms with Crippen molar-refractivity contribution >= 4 is 0 Å². The van der Waals surface area contributed by atoms with Gasteiger partial charge in [0.25, 0.3) is 0 Å². The highest BCUT2D eigenvalue weighted by Gasteiger charge is 1.96. The number of hydrogen-bond donors (Lipinski definition) is 1. The van der Waals surface area contributed by atoms with E-state index in [2.05, 4.69) is 22.4 Å². The van der Waals surface area contributed by atoms with Gasteiger partial charge >= 0.3 is 0 Å². The molecule has 0 saturated heterocycles. The molecule has 0 bridgehead atoms. The first-order valence-corrected chi connectivity index (χ1v) is 5.89. The van der Waals surface area contributed by atoms with Crippen molar-refractivity contribution in [3.63, 3.8) is 0 Å². The molecule has 2 rings (SSSR count). The minimum atomic E-state index is 0.696. The number of benzene rings is 1. The van der Waals surface area contributed by atoms with E-state index >= 15 is 0 Å². The Morgan fingerprint density at radius 1 is 1.06 bits per heavy atom. The van der Waals surface area contributed by atoms with Crippen molar-refractivity contribution in [1.29, 1.82) is 5.26 Å². The molecule has 90 valence electrons. The van der Waals surface area contributed by atoms with Crippen molar-refractivity contribution in [3.8, 4) is 6.07 Å². The van der Waals surface area contributed by atoms with Crippen LogP contribution >= 0.6 is 0 Å². The van der Waals surface area contributed by atoms with Crippen LogP contribution in [0.15, 0.2) is 42.6 Å². The molecular weight excluding hydrogens is 222 g/mol. The minimum absolute atomic E-state index is 0.696. The van der Waals surface area contributed by atoms with Crippen LogP contribution in [0, 0.1) is 18.3 Å². The molecule has 0 aliphatic rings. The van der Waals surface area contributed by atoms with Gasteiger partial charge in [0.2, 0.25) is 0 Å². The van der Waals surface area contributed by atoms with Crippen molar-refractivity contribution in [2.45, 2.75) is 20.0 Å². The van der Waals surface area contributed by atoms with Crippen LogP contribution in [0.5, 0.6) is 0 Å². The largest absolute Gasteiger partial charge is 0.309 e. The highest BCUT2D eigenvalue weighted by Crippen LogP contribution is 2.04. The zero-order valence-electron chi connectivity index (χ0n) is 10.4. The van der Waals surface area contributed by atoms with Crippen LogP contribution in [-0.4, -0.2) is 4.98 Å². The Kier molecular flexibility index (Phi) is 4.06. The predicted octanol–water partition coefficient (Wildman–Crippen LogP) is 2.55. The normalized spacial score (nSPS) is 10.0. The standard InChI is InChI=1S/C15H15N3/c1-12-2-3-15(11-18-12)10-17-9-14-6-4-13(8-16)5-7-14/h2-7,11,17H,9-10H2,1H3. The maximum absolute atomic E-state index is 8.70. The Hall–Kier alpha value is -2.18. The zero-order chi connectivity index (χ0) is 12.8. The summed E-state index contributed by atoms with van der Waals surface area (Å²) < 4.78 is 0. The zero-order valence-corrected chi connectivity index (χ0v) is 10.4. The average molecular weight is 237 g/mol. The number of rotatable bonds is 4. The van der Waals surface area contributed by atoms with Crippen molar-refractivity contribution in [1.82, 2.24) is 10.3 Å². The Morgan fingerprint density at radius 3 is 2.33 bits per heavy atom. The van der Waals surface area contributed by atoms with E-state index in [-0.39, 0.29) is 0 Å². The van der Waals surface area contributed by atoms with E-state index in [1.54, 1.807) is 0 Å². The fourth-order valence-electron chi connectivity index (χ4n) is 1.65. The Bertz CT molecular complexity index is 535. The monoisotopic (exact) mass is 237 g/mol. The van der Waals surface area contributed by atoms with Crippen LogP contribution in [0.2, 0.25) is 0 Å². The molecule has 0 aliphatic heterocycles. The van der Waals surface area contributed by atoms with Crippen LogP contribution in [0.3, 0.4) is 0 Å². The number of aryl methyl sites for hydroxylation is 1. The second kappa shape index (κ2) is 5.95. The second-order valence-electron chi connectivity index (χ2n) is 4.22. The molecule has 3 nitrogen and oxygen atoms in total. The van der Waals surface area contributed by atoms with Gasteiger partial charge in [0.1, 0.15) is 0 Å². The first-order chi connectivity index (χ1) is 8.78. The molecule has 3 heteroatoms. The Morgan fingerprint density at radius 2 is 1.72 bits per heavy atom. The van der Waals surface area contributed by atoms with Gasteiger partial charge in [-0.15, -0.1) is 0 Å². The summed E-state index contributed by atoms with van der Waals surface area (Å²) in [7, 11) is 0. The first kappa shape index (κ1) is 12.3. The molecule has 0 atom stereocenters. The fraction of sp³-hybridized carbons (Fsp3) is 0.200. The van der Waals surface area contributed by atoms with E-state index in [0.717, 1.165) is 18.8 Å². The highest BCUT2D eigenvalue weighted by molar-refractivity contribution is 5.31. The van der Waals surface area contributed by atoms with Crippen molar-refractivity contribution < 1.29 is 0 Å². The molecular formula is C15H15N3. The summed E-state index contributed by atoms with van der Waals surface area (Å²) in [6.45, 7) is 3.57. The second-order valence-corrected chi connectivity index (χ2v) is 4.22. The summed E-state index contributed by atoms with van der Waals surface area (Å²) in [6.07, 6.45) is 1.89. The SMILES string of the molecule is Cc1ccc(CNCc2ccc(C#N)cc2)cn1. The van der Waals surface area contributed by atoms with E-state index in [1.807, 2.05) is 43.5 Å². The van der Waals surface area contributed by atoms with Gasteiger partial charge in [-0.2, -0.15) is 5.26 Å². The highest BCUT2D eigenvalue weighted by atomic mass is 14.8. The Balaban J connectivity index is 1.84. The third-order valence-corrected chi connectivity index (χ3v) is 2.71. The average Bonchev–Trinajstić information content (AvgIpc) is 2.42. The van der Waals surface area contributed by atoms with E-state index in [9.17, 15) is 0 Å². The smallest absolute Gasteiger partial charge is 0.0991 e. The quantitative estimate of drug-likeness (QED) is 0.889. The number of aromatic nitrogens is 1. The van der Waals surface area contributed by atoms with Crippen LogP contribution in [0.4, 0.5) is 0 Å². The van der Waals surface area contributed by atoms with Gasteiger partial charge in [-0.05, 0) is 36.2 Å². The lowest BCUT2D eigenvalue weighted by molar-refractivity contribution is 0.691. The van der Waals surface area contributed by atoms with E-state index < -0.39 is 0 Å². The minimum Gasteiger partial charge on any atom is -0.309 e. The lowest BCUT2D eigenvalue weighted by atomic mass is 10.1. The van der Waals surface area contributed by atoms with Gasteiger partial charge < -0.3 is 5.32 Å². The summed E-state index contributed by atoms with van der Waals surface area (Å²) in [5, 5.41) is 12.1. The molecule has 1 N–H and O–H groups in total. The summed E-state index contributed by atoms with van der Waals surface area (Å²) in [4.78, 5) is 4.25. The van der Waals surface area contributed by atoms with Crippen LogP contribution < -0.4 is 5.32 Å². The van der Waals surface area contributed by atoms with E-state index in [4.69, 9.17) is 5.26 Å². The van der Waals surface area contributed by atoms with Crippen molar-refractivity contribution in [2.75, 3.05) is 0 Å². The van der Waals surface area contributed by atoms with Gasteiger partial charge in [-0.25, -0.2) is 0 Å². The topological polar surface area (TPSA) is 48.7 Å². The van der Waals surface area contributed by atoms with Gasteiger partial charge in [0.15, 0.2) is 0 Å². The molecule has 0 amide bonds.